The van der Waals surface area contributed by atoms with E-state index in [1.165, 1.54) is 18.2 Å². The van der Waals surface area contributed by atoms with Crippen molar-refractivity contribution in [3.8, 4) is 17.2 Å². The van der Waals surface area contributed by atoms with E-state index >= 15 is 0 Å². The van der Waals surface area contributed by atoms with Gasteiger partial charge < -0.3 is 20.3 Å². The van der Waals surface area contributed by atoms with Gasteiger partial charge in [-0.25, -0.2) is 9.18 Å². The number of nitrogens with zero attached hydrogens (tertiary/aromatic N) is 1. The number of nitrogens with one attached hydrogen (secondary N) is 1. The Morgan fingerprint density at radius 3 is 2.30 bits per heavy atom. The number of nitriles is 1. The number of halogens is 1. The van der Waals surface area contributed by atoms with Crippen LogP contribution in [-0.2, 0) is 4.74 Å². The van der Waals surface area contributed by atoms with Crippen LogP contribution in [0.2, 0.25) is 0 Å². The number of alkyl carbamates (subject to hydrolysis) is 1. The summed E-state index contributed by atoms with van der Waals surface area (Å²) in [5, 5.41) is 31.9. The average molecular weight is 446 g/mol. The molecule has 0 spiro atoms. The van der Waals surface area contributed by atoms with Gasteiger partial charge in [0.05, 0.1) is 11.7 Å². The Labute approximate surface area is 190 Å². The Morgan fingerprint density at radius 1 is 1.03 bits per heavy atom. The Bertz CT molecular complexity index is 1160. The van der Waals surface area contributed by atoms with E-state index in [4.69, 9.17) is 10.00 Å². The van der Waals surface area contributed by atoms with E-state index in [0.717, 1.165) is 22.3 Å². The van der Waals surface area contributed by atoms with Crippen molar-refractivity contribution in [3.05, 3.63) is 94.8 Å². The number of fused-ring (bicyclic) bond motifs is 3. The van der Waals surface area contributed by atoms with Crippen molar-refractivity contribution in [1.29, 1.82) is 5.26 Å². The predicted octanol–water partition coefficient (Wildman–Crippen LogP) is 4.02. The van der Waals surface area contributed by atoms with E-state index in [0.29, 0.717) is 0 Å². The summed E-state index contributed by atoms with van der Waals surface area (Å²) in [6, 6.07) is 21.8. The van der Waals surface area contributed by atoms with Gasteiger partial charge in [0.15, 0.2) is 0 Å². The fraction of sp³-hybridized carbons (Fsp3) is 0.231. The van der Waals surface area contributed by atoms with E-state index in [2.05, 4.69) is 17.4 Å². The van der Waals surface area contributed by atoms with Gasteiger partial charge in [-0.1, -0.05) is 60.7 Å². The molecule has 1 amide bonds. The molecule has 0 heterocycles. The smallest absolute Gasteiger partial charge is 0.407 e. The van der Waals surface area contributed by atoms with E-state index in [1.807, 2.05) is 36.4 Å². The molecule has 3 N–H and O–H groups in total. The molecule has 33 heavy (non-hydrogen) atoms. The fourth-order valence-corrected chi connectivity index (χ4v) is 4.20. The molecule has 168 valence electrons. The molecule has 0 radical (unpaired) electrons. The number of carbonyl (C=O) groups excluding carboxylic acids is 1. The van der Waals surface area contributed by atoms with Gasteiger partial charge in [-0.05, 0) is 34.7 Å². The van der Waals surface area contributed by atoms with E-state index in [-0.39, 0.29) is 36.6 Å². The first-order chi connectivity index (χ1) is 16.0. The molecular weight excluding hydrogens is 423 g/mol. The molecule has 0 saturated carbocycles. The lowest BCUT2D eigenvalue weighted by molar-refractivity contribution is 0.0116. The average Bonchev–Trinajstić information content (AvgIpc) is 3.16. The lowest BCUT2D eigenvalue weighted by Crippen LogP contribution is -2.31. The number of aliphatic hydroxyl groups is 2. The standard InChI is InChI=1S/C26H23FN2O4/c27-24-16(14-28)6-5-11-21(24)25(31)23(30)12-13-29-26(32)33-15-22-19-9-3-1-7-17(19)18-8-2-4-10-20(18)22/h1-11,22-23,25,30-31H,12-13,15H2,(H,29,32). The van der Waals surface area contributed by atoms with Crippen LogP contribution >= 0.6 is 0 Å². The van der Waals surface area contributed by atoms with Gasteiger partial charge in [-0.15, -0.1) is 0 Å². The first-order valence-electron chi connectivity index (χ1n) is 10.6. The highest BCUT2D eigenvalue weighted by Crippen LogP contribution is 2.44. The lowest BCUT2D eigenvalue weighted by atomic mass is 9.98. The molecule has 0 saturated heterocycles. The Morgan fingerprint density at radius 2 is 1.67 bits per heavy atom. The maximum absolute atomic E-state index is 14.2. The number of amides is 1. The highest BCUT2D eigenvalue weighted by molar-refractivity contribution is 5.79. The highest BCUT2D eigenvalue weighted by Gasteiger charge is 2.29. The number of hydrogen-bond acceptors (Lipinski definition) is 5. The second-order valence-electron chi connectivity index (χ2n) is 7.87. The monoisotopic (exact) mass is 446 g/mol. The molecule has 0 aliphatic heterocycles. The van der Waals surface area contributed by atoms with Gasteiger partial charge in [0, 0.05) is 18.0 Å². The molecule has 1 aliphatic carbocycles. The molecule has 0 bridgehead atoms. The minimum atomic E-state index is -1.53. The van der Waals surface area contributed by atoms with Crippen molar-refractivity contribution in [3.63, 3.8) is 0 Å². The van der Waals surface area contributed by atoms with Crippen LogP contribution in [0.3, 0.4) is 0 Å². The van der Waals surface area contributed by atoms with Crippen LogP contribution in [0.15, 0.2) is 66.7 Å². The molecule has 6 nitrogen and oxygen atoms in total. The van der Waals surface area contributed by atoms with E-state index < -0.39 is 24.1 Å². The Kier molecular flexibility index (Phi) is 6.68. The maximum atomic E-state index is 14.2. The van der Waals surface area contributed by atoms with Crippen LogP contribution in [0.1, 0.15) is 40.7 Å². The zero-order valence-electron chi connectivity index (χ0n) is 17.7. The first kappa shape index (κ1) is 22.5. The number of aliphatic hydroxyl groups excluding tert-OH is 2. The first-order valence-corrected chi connectivity index (χ1v) is 10.6. The topological polar surface area (TPSA) is 103 Å². The van der Waals surface area contributed by atoms with Gasteiger partial charge in [-0.2, -0.15) is 5.26 Å². The molecule has 3 aromatic rings. The van der Waals surface area contributed by atoms with Crippen LogP contribution in [0.4, 0.5) is 9.18 Å². The number of rotatable bonds is 7. The summed E-state index contributed by atoms with van der Waals surface area (Å²) in [6.07, 6.45) is -3.53. The third-order valence-corrected chi connectivity index (χ3v) is 5.89. The van der Waals surface area contributed by atoms with Crippen LogP contribution in [-0.4, -0.2) is 35.6 Å². The van der Waals surface area contributed by atoms with Gasteiger partial charge in [0.25, 0.3) is 0 Å². The summed E-state index contributed by atoms with van der Waals surface area (Å²) < 4.78 is 19.6. The quantitative estimate of drug-likeness (QED) is 0.509. The largest absolute Gasteiger partial charge is 0.449 e. The molecule has 7 heteroatoms. The van der Waals surface area contributed by atoms with Gasteiger partial charge in [0.2, 0.25) is 0 Å². The van der Waals surface area contributed by atoms with E-state index in [9.17, 15) is 19.4 Å². The SMILES string of the molecule is N#Cc1cccc(C(O)C(O)CCNC(=O)OCC2c3ccccc3-c3ccccc32)c1F. The molecule has 3 aromatic carbocycles. The van der Waals surface area contributed by atoms with Gasteiger partial charge >= 0.3 is 6.09 Å². The number of hydrogen-bond donors (Lipinski definition) is 3. The Hall–Kier alpha value is -3.73. The maximum Gasteiger partial charge on any atom is 0.407 e. The highest BCUT2D eigenvalue weighted by atomic mass is 19.1. The van der Waals surface area contributed by atoms with Crippen molar-refractivity contribution in [1.82, 2.24) is 5.32 Å². The summed E-state index contributed by atoms with van der Waals surface area (Å²) in [7, 11) is 0. The molecule has 2 unspecified atom stereocenters. The number of ether oxygens (including phenoxy) is 1. The van der Waals surface area contributed by atoms with Crippen molar-refractivity contribution in [2.24, 2.45) is 0 Å². The van der Waals surface area contributed by atoms with Crippen LogP contribution < -0.4 is 5.32 Å². The second-order valence-corrected chi connectivity index (χ2v) is 7.87. The van der Waals surface area contributed by atoms with Crippen molar-refractivity contribution >= 4 is 6.09 Å². The third kappa shape index (κ3) is 4.58. The molecule has 1 aliphatic rings. The predicted molar refractivity (Wildman–Crippen MR) is 120 cm³/mol. The summed E-state index contributed by atoms with van der Waals surface area (Å²) in [5.41, 5.74) is 4.09. The Balaban J connectivity index is 1.30. The fourth-order valence-electron chi connectivity index (χ4n) is 4.20. The zero-order valence-corrected chi connectivity index (χ0v) is 17.7. The zero-order chi connectivity index (χ0) is 23.4. The molecule has 0 aromatic heterocycles. The van der Waals surface area contributed by atoms with Crippen LogP contribution in [0.25, 0.3) is 11.1 Å². The molecular formula is C26H23FN2O4. The minimum absolute atomic E-state index is 0.0223. The molecule has 4 rings (SSSR count). The second kappa shape index (κ2) is 9.82. The van der Waals surface area contributed by atoms with Crippen LogP contribution in [0, 0.1) is 17.1 Å². The third-order valence-electron chi connectivity index (χ3n) is 5.89. The van der Waals surface area contributed by atoms with Crippen molar-refractivity contribution in [2.75, 3.05) is 13.2 Å². The normalized spacial score (nSPS) is 14.0. The summed E-state index contributed by atoms with van der Waals surface area (Å²) in [5.74, 6) is -0.929. The summed E-state index contributed by atoms with van der Waals surface area (Å²) in [6.45, 7) is 0.186. The summed E-state index contributed by atoms with van der Waals surface area (Å²) in [4.78, 5) is 12.2. The number of benzene rings is 3. The minimum Gasteiger partial charge on any atom is -0.449 e. The molecule has 0 fully saturated rings. The van der Waals surface area contributed by atoms with Gasteiger partial charge in [-0.3, -0.25) is 0 Å². The van der Waals surface area contributed by atoms with Crippen LogP contribution in [0.5, 0.6) is 0 Å². The molecule has 2 atom stereocenters. The lowest BCUT2D eigenvalue weighted by Gasteiger charge is -2.19. The summed E-state index contributed by atoms with van der Waals surface area (Å²) >= 11 is 0. The number of carbonyl (C=O) groups is 1. The van der Waals surface area contributed by atoms with Crippen molar-refractivity contribution in [2.45, 2.75) is 24.5 Å². The van der Waals surface area contributed by atoms with Crippen molar-refractivity contribution < 1.29 is 24.1 Å². The van der Waals surface area contributed by atoms with Gasteiger partial charge in [0.1, 0.15) is 24.6 Å². The van der Waals surface area contributed by atoms with E-state index in [1.54, 1.807) is 6.07 Å².